The third-order valence-corrected chi connectivity index (χ3v) is 5.28. The Morgan fingerprint density at radius 2 is 1.72 bits per heavy atom. The largest absolute Gasteiger partial charge is 0.395 e. The third-order valence-electron chi connectivity index (χ3n) is 5.28. The van der Waals surface area contributed by atoms with E-state index in [0.717, 1.165) is 25.1 Å². The highest BCUT2D eigenvalue weighted by molar-refractivity contribution is 5.88. The Morgan fingerprint density at radius 3 is 2.38 bits per heavy atom. The molecule has 0 aliphatic carbocycles. The molecule has 0 aromatic heterocycles. The summed E-state index contributed by atoms with van der Waals surface area (Å²) in [4.78, 5) is 29.2. The molecule has 1 atom stereocenters. The van der Waals surface area contributed by atoms with Gasteiger partial charge in [0.2, 0.25) is 11.8 Å². The van der Waals surface area contributed by atoms with E-state index < -0.39 is 6.04 Å². The first kappa shape index (κ1) is 21.0. The van der Waals surface area contributed by atoms with Gasteiger partial charge >= 0.3 is 0 Å². The number of nitrogens with zero attached hydrogens (tertiary/aromatic N) is 2. The molecule has 29 heavy (non-hydrogen) atoms. The van der Waals surface area contributed by atoms with E-state index in [2.05, 4.69) is 22.3 Å². The van der Waals surface area contributed by atoms with Crippen molar-refractivity contribution in [2.24, 2.45) is 0 Å². The van der Waals surface area contributed by atoms with Crippen molar-refractivity contribution in [1.82, 2.24) is 15.1 Å². The van der Waals surface area contributed by atoms with Gasteiger partial charge < -0.3 is 15.3 Å². The van der Waals surface area contributed by atoms with Gasteiger partial charge in [0, 0.05) is 32.7 Å². The van der Waals surface area contributed by atoms with Crippen LogP contribution in [0.25, 0.3) is 0 Å². The van der Waals surface area contributed by atoms with E-state index in [1.54, 1.807) is 4.90 Å². The summed E-state index contributed by atoms with van der Waals surface area (Å²) in [7, 11) is 0. The van der Waals surface area contributed by atoms with Crippen molar-refractivity contribution in [3.05, 3.63) is 71.8 Å². The molecule has 1 aliphatic rings. The summed E-state index contributed by atoms with van der Waals surface area (Å²) >= 11 is 0. The number of rotatable bonds is 9. The summed E-state index contributed by atoms with van der Waals surface area (Å²) in [6, 6.07) is 19.4. The minimum absolute atomic E-state index is 0.0960. The molecule has 3 rings (SSSR count). The lowest BCUT2D eigenvalue weighted by Gasteiger charge is -2.35. The zero-order chi connectivity index (χ0) is 20.5. The second kappa shape index (κ2) is 10.7. The van der Waals surface area contributed by atoms with Crippen LogP contribution in [0.2, 0.25) is 0 Å². The number of amides is 2. The molecule has 2 amide bonds. The molecule has 0 spiro atoms. The molecule has 2 N–H and O–H groups in total. The number of aliphatic hydroxyl groups excluding tert-OH is 1. The minimum Gasteiger partial charge on any atom is -0.395 e. The van der Waals surface area contributed by atoms with Gasteiger partial charge in [-0.1, -0.05) is 60.7 Å². The molecule has 1 heterocycles. The number of aliphatic hydroxyl groups is 1. The molecule has 1 saturated heterocycles. The molecule has 0 bridgehead atoms. The molecular weight excluding hydrogens is 366 g/mol. The lowest BCUT2D eigenvalue weighted by atomic mass is 10.1. The highest BCUT2D eigenvalue weighted by Crippen LogP contribution is 2.14. The monoisotopic (exact) mass is 395 g/mol. The van der Waals surface area contributed by atoms with Gasteiger partial charge in [0.05, 0.1) is 19.1 Å². The summed E-state index contributed by atoms with van der Waals surface area (Å²) in [5.74, 6) is -0.212. The number of hydrogen-bond donors (Lipinski definition) is 2. The van der Waals surface area contributed by atoms with E-state index in [1.807, 2.05) is 48.5 Å². The van der Waals surface area contributed by atoms with Gasteiger partial charge in [-0.05, 0) is 17.5 Å². The maximum atomic E-state index is 13.0. The quantitative estimate of drug-likeness (QED) is 0.674. The number of benzene rings is 2. The van der Waals surface area contributed by atoms with Crippen LogP contribution in [0.5, 0.6) is 0 Å². The molecule has 2 aromatic rings. The first-order valence-corrected chi connectivity index (χ1v) is 10.2. The van der Waals surface area contributed by atoms with Crippen LogP contribution in [0.15, 0.2) is 60.7 Å². The third kappa shape index (κ3) is 6.14. The molecule has 6 heteroatoms. The van der Waals surface area contributed by atoms with Crippen LogP contribution in [0.4, 0.5) is 0 Å². The van der Waals surface area contributed by atoms with Gasteiger partial charge in [-0.15, -0.1) is 0 Å². The van der Waals surface area contributed by atoms with Gasteiger partial charge in [-0.2, -0.15) is 0 Å². The fourth-order valence-electron chi connectivity index (χ4n) is 3.68. The normalized spacial score (nSPS) is 17.0. The highest BCUT2D eigenvalue weighted by Gasteiger charge is 2.32. The predicted molar refractivity (Wildman–Crippen MR) is 112 cm³/mol. The van der Waals surface area contributed by atoms with Crippen LogP contribution in [0.1, 0.15) is 17.5 Å². The number of piperazine rings is 1. The van der Waals surface area contributed by atoms with E-state index in [-0.39, 0.29) is 31.4 Å². The standard InChI is InChI=1S/C23H29N3O3/c27-16-15-26(18-20-9-5-2-6-10-20)22(28)17-21-23(29)24-12-14-25(21)13-11-19-7-3-1-4-8-19/h1-10,21,27H,11-18H2,(H,24,29). The molecule has 0 saturated carbocycles. The zero-order valence-corrected chi connectivity index (χ0v) is 16.7. The van der Waals surface area contributed by atoms with Crippen LogP contribution in [0, 0.1) is 0 Å². The maximum Gasteiger partial charge on any atom is 0.237 e. The summed E-state index contributed by atoms with van der Waals surface area (Å²) in [6.07, 6.45) is 0.955. The Morgan fingerprint density at radius 1 is 1.07 bits per heavy atom. The average molecular weight is 396 g/mol. The Labute approximate surface area is 172 Å². The maximum absolute atomic E-state index is 13.0. The lowest BCUT2D eigenvalue weighted by Crippen LogP contribution is -2.57. The van der Waals surface area contributed by atoms with Crippen LogP contribution in [-0.2, 0) is 22.6 Å². The van der Waals surface area contributed by atoms with E-state index in [0.29, 0.717) is 13.1 Å². The summed E-state index contributed by atoms with van der Waals surface area (Å²) in [5.41, 5.74) is 2.22. The molecule has 154 valence electrons. The average Bonchev–Trinajstić information content (AvgIpc) is 2.75. The Balaban J connectivity index is 1.64. The van der Waals surface area contributed by atoms with Crippen LogP contribution in [-0.4, -0.2) is 65.5 Å². The molecule has 6 nitrogen and oxygen atoms in total. The van der Waals surface area contributed by atoms with Gasteiger partial charge in [-0.3, -0.25) is 14.5 Å². The fourth-order valence-corrected chi connectivity index (χ4v) is 3.68. The highest BCUT2D eigenvalue weighted by atomic mass is 16.3. The summed E-state index contributed by atoms with van der Waals surface area (Å²) in [5, 5.41) is 12.3. The SMILES string of the molecule is O=C1NCCN(CCc2ccccc2)C1CC(=O)N(CCO)Cc1ccccc1. The van der Waals surface area contributed by atoms with Gasteiger partial charge in [0.15, 0.2) is 0 Å². The number of hydrogen-bond acceptors (Lipinski definition) is 4. The Hall–Kier alpha value is -2.70. The predicted octanol–water partition coefficient (Wildman–Crippen LogP) is 1.44. The topological polar surface area (TPSA) is 72.9 Å². The van der Waals surface area contributed by atoms with Gasteiger partial charge in [0.1, 0.15) is 0 Å². The van der Waals surface area contributed by atoms with Crippen LogP contribution >= 0.6 is 0 Å². The summed E-state index contributed by atoms with van der Waals surface area (Å²) < 4.78 is 0. The molecule has 0 radical (unpaired) electrons. The van der Waals surface area contributed by atoms with E-state index in [1.165, 1.54) is 5.56 Å². The van der Waals surface area contributed by atoms with Crippen molar-refractivity contribution < 1.29 is 14.7 Å². The van der Waals surface area contributed by atoms with Crippen molar-refractivity contribution in [1.29, 1.82) is 0 Å². The van der Waals surface area contributed by atoms with Gasteiger partial charge in [0.25, 0.3) is 0 Å². The van der Waals surface area contributed by atoms with Gasteiger partial charge in [-0.25, -0.2) is 0 Å². The molecule has 2 aromatic carbocycles. The van der Waals surface area contributed by atoms with Crippen LogP contribution in [0.3, 0.4) is 0 Å². The second-order valence-electron chi connectivity index (χ2n) is 7.31. The van der Waals surface area contributed by atoms with E-state index in [9.17, 15) is 14.7 Å². The van der Waals surface area contributed by atoms with Crippen molar-refractivity contribution in [3.8, 4) is 0 Å². The first-order chi connectivity index (χ1) is 14.2. The number of carbonyl (C=O) groups excluding carboxylic acids is 2. The fraction of sp³-hybridized carbons (Fsp3) is 0.391. The Kier molecular flexibility index (Phi) is 7.78. The smallest absolute Gasteiger partial charge is 0.237 e. The molecule has 1 fully saturated rings. The van der Waals surface area contributed by atoms with E-state index in [4.69, 9.17) is 0 Å². The van der Waals surface area contributed by atoms with Crippen molar-refractivity contribution in [2.45, 2.75) is 25.4 Å². The zero-order valence-electron chi connectivity index (χ0n) is 16.7. The summed E-state index contributed by atoms with van der Waals surface area (Å²) in [6.45, 7) is 2.64. The molecular formula is C23H29N3O3. The van der Waals surface area contributed by atoms with Crippen LogP contribution < -0.4 is 5.32 Å². The second-order valence-corrected chi connectivity index (χ2v) is 7.31. The molecule has 1 aliphatic heterocycles. The number of carbonyl (C=O) groups is 2. The van der Waals surface area contributed by atoms with Crippen molar-refractivity contribution >= 4 is 11.8 Å². The van der Waals surface area contributed by atoms with Crippen molar-refractivity contribution in [2.75, 3.05) is 32.8 Å². The minimum atomic E-state index is -0.475. The van der Waals surface area contributed by atoms with E-state index >= 15 is 0 Å². The number of nitrogens with one attached hydrogen (secondary N) is 1. The lowest BCUT2D eigenvalue weighted by molar-refractivity contribution is -0.139. The first-order valence-electron chi connectivity index (χ1n) is 10.2. The van der Waals surface area contributed by atoms with Crippen molar-refractivity contribution in [3.63, 3.8) is 0 Å². The Bertz CT molecular complexity index is 782. The molecule has 1 unspecified atom stereocenters.